The minimum Gasteiger partial charge on any atom is -0.453 e. The van der Waals surface area contributed by atoms with E-state index in [9.17, 15) is 0 Å². The normalized spacial score (nSPS) is 12.4. The largest absolute Gasteiger partial charge is 0.453 e. The molecule has 3 heterocycles. The average Bonchev–Trinajstić information content (AvgIpc) is 3.61. The molecule has 5 aromatic carbocycles. The summed E-state index contributed by atoms with van der Waals surface area (Å²) in [4.78, 5) is 11.6. The van der Waals surface area contributed by atoms with Gasteiger partial charge in [-0.1, -0.05) is 40.2 Å². The number of oxazole rings is 2. The molecule has 0 amide bonds. The van der Waals surface area contributed by atoms with Crippen molar-refractivity contribution >= 4 is 55.2 Å². The van der Waals surface area contributed by atoms with E-state index in [0.29, 0.717) is 11.8 Å². The smallest absolute Gasteiger partial charge is 0.227 e. The molecule has 0 bridgehead atoms. The topological polar surface area (TPSA) is 64.5 Å². The number of hydrogen-bond donors (Lipinski definition) is 0. The third-order valence-corrected chi connectivity index (χ3v) is 7.31. The molecule has 6 nitrogen and oxygen atoms in total. The molecule has 2 aromatic heterocycles. The number of halogens is 1. The van der Waals surface area contributed by atoms with Crippen LogP contribution in [0.4, 0.5) is 17.1 Å². The molecular formula is C32H18BrN3O3. The van der Waals surface area contributed by atoms with Gasteiger partial charge in [0.15, 0.2) is 22.7 Å². The first-order valence-corrected chi connectivity index (χ1v) is 13.2. The molecule has 0 unspecified atom stereocenters. The molecule has 0 saturated carbocycles. The second-order valence-electron chi connectivity index (χ2n) is 9.25. The zero-order chi connectivity index (χ0) is 25.9. The summed E-state index contributed by atoms with van der Waals surface area (Å²) in [7, 11) is 0. The van der Waals surface area contributed by atoms with E-state index >= 15 is 0 Å². The van der Waals surface area contributed by atoms with E-state index in [4.69, 9.17) is 23.5 Å². The summed E-state index contributed by atoms with van der Waals surface area (Å²) < 4.78 is 19.6. The Labute approximate surface area is 231 Å². The van der Waals surface area contributed by atoms with Crippen LogP contribution in [-0.4, -0.2) is 9.97 Å². The zero-order valence-corrected chi connectivity index (χ0v) is 21.9. The highest BCUT2D eigenvalue weighted by Gasteiger charge is 2.28. The molecule has 0 aliphatic carbocycles. The van der Waals surface area contributed by atoms with Crippen LogP contribution in [0, 0.1) is 0 Å². The van der Waals surface area contributed by atoms with Crippen molar-refractivity contribution in [1.29, 1.82) is 0 Å². The van der Waals surface area contributed by atoms with Gasteiger partial charge in [-0.2, -0.15) is 0 Å². The first-order valence-electron chi connectivity index (χ1n) is 12.4. The van der Waals surface area contributed by atoms with Gasteiger partial charge in [-0.25, -0.2) is 9.97 Å². The van der Waals surface area contributed by atoms with Gasteiger partial charge in [0.1, 0.15) is 11.0 Å². The summed E-state index contributed by atoms with van der Waals surface area (Å²) in [6, 6.07) is 35.7. The molecule has 1 aliphatic heterocycles. The minimum absolute atomic E-state index is 0.556. The van der Waals surface area contributed by atoms with Gasteiger partial charge in [0.25, 0.3) is 0 Å². The molecule has 7 heteroatoms. The van der Waals surface area contributed by atoms with E-state index in [0.717, 1.165) is 66.4 Å². The van der Waals surface area contributed by atoms with Gasteiger partial charge >= 0.3 is 0 Å². The van der Waals surface area contributed by atoms with Crippen LogP contribution in [0.15, 0.2) is 123 Å². The molecule has 1 aliphatic rings. The predicted molar refractivity (Wildman–Crippen MR) is 155 cm³/mol. The highest BCUT2D eigenvalue weighted by molar-refractivity contribution is 9.10. The van der Waals surface area contributed by atoms with E-state index in [1.54, 1.807) is 0 Å². The lowest BCUT2D eigenvalue weighted by molar-refractivity contribution is 0.477. The maximum atomic E-state index is 6.40. The molecular weight excluding hydrogens is 554 g/mol. The van der Waals surface area contributed by atoms with Crippen LogP contribution in [0.3, 0.4) is 0 Å². The number of nitrogens with zero attached hydrogens (tertiary/aromatic N) is 3. The van der Waals surface area contributed by atoms with E-state index < -0.39 is 0 Å². The fourth-order valence-corrected chi connectivity index (χ4v) is 5.20. The number of para-hydroxylation sites is 4. The van der Waals surface area contributed by atoms with Crippen LogP contribution in [0.2, 0.25) is 0 Å². The summed E-state index contributed by atoms with van der Waals surface area (Å²) in [5.74, 6) is 2.58. The number of fused-ring (bicyclic) bond motifs is 4. The Morgan fingerprint density at radius 2 is 1.08 bits per heavy atom. The first kappa shape index (κ1) is 22.1. The average molecular weight is 572 g/mol. The lowest BCUT2D eigenvalue weighted by Gasteiger charge is -2.33. The maximum absolute atomic E-state index is 6.40. The van der Waals surface area contributed by atoms with Crippen LogP contribution in [0.1, 0.15) is 0 Å². The quantitative estimate of drug-likeness (QED) is 0.210. The van der Waals surface area contributed by atoms with Crippen molar-refractivity contribution in [3.05, 3.63) is 114 Å². The lowest BCUT2D eigenvalue weighted by atomic mass is 10.1. The molecule has 0 radical (unpaired) electrons. The van der Waals surface area contributed by atoms with Crippen LogP contribution in [-0.2, 0) is 0 Å². The van der Waals surface area contributed by atoms with Crippen LogP contribution < -0.4 is 9.64 Å². The third-order valence-electron chi connectivity index (χ3n) is 6.79. The van der Waals surface area contributed by atoms with Crippen molar-refractivity contribution in [3.63, 3.8) is 0 Å². The minimum atomic E-state index is 0.556. The number of benzene rings is 5. The van der Waals surface area contributed by atoms with Crippen molar-refractivity contribution in [2.75, 3.05) is 4.90 Å². The molecule has 0 atom stereocenters. The van der Waals surface area contributed by atoms with Crippen molar-refractivity contribution in [2.45, 2.75) is 0 Å². The molecule has 186 valence electrons. The van der Waals surface area contributed by atoms with Crippen molar-refractivity contribution < 1.29 is 13.6 Å². The fraction of sp³-hybridized carbons (Fsp3) is 0. The Bertz CT molecular complexity index is 1840. The van der Waals surface area contributed by atoms with Gasteiger partial charge in [-0.05, 0) is 84.9 Å². The molecule has 0 fully saturated rings. The molecule has 0 spiro atoms. The molecule has 8 rings (SSSR count). The molecule has 0 saturated heterocycles. The second-order valence-corrected chi connectivity index (χ2v) is 10.2. The lowest BCUT2D eigenvalue weighted by Crippen LogP contribution is -2.16. The Morgan fingerprint density at radius 1 is 0.564 bits per heavy atom. The van der Waals surface area contributed by atoms with Gasteiger partial charge in [-0.15, -0.1) is 0 Å². The van der Waals surface area contributed by atoms with E-state index in [-0.39, 0.29) is 0 Å². The van der Waals surface area contributed by atoms with Crippen LogP contribution >= 0.6 is 15.9 Å². The summed E-state index contributed by atoms with van der Waals surface area (Å²) in [5.41, 5.74) is 7.58. The highest BCUT2D eigenvalue weighted by Crippen LogP contribution is 2.52. The summed E-state index contributed by atoms with van der Waals surface area (Å²) in [5, 5.41) is 0. The number of rotatable bonds is 3. The molecule has 39 heavy (non-hydrogen) atoms. The summed E-state index contributed by atoms with van der Waals surface area (Å²) in [6.07, 6.45) is 0. The van der Waals surface area contributed by atoms with E-state index in [1.165, 1.54) is 0 Å². The number of hydrogen-bond acceptors (Lipinski definition) is 6. The highest BCUT2D eigenvalue weighted by atomic mass is 79.9. The van der Waals surface area contributed by atoms with Crippen molar-refractivity contribution in [3.8, 4) is 34.4 Å². The number of aromatic nitrogens is 2. The van der Waals surface area contributed by atoms with E-state index in [2.05, 4.69) is 45.1 Å². The maximum Gasteiger partial charge on any atom is 0.227 e. The van der Waals surface area contributed by atoms with Crippen LogP contribution in [0.5, 0.6) is 11.5 Å². The number of ether oxygens (including phenoxy) is 1. The monoisotopic (exact) mass is 571 g/mol. The SMILES string of the molecule is Brc1ccc(N2c3cc(-c4nc5ccccc5o4)ccc3Oc3ccc(-c4nc5ccccc5o4)cc32)cc1. The van der Waals surface area contributed by atoms with E-state index in [1.807, 2.05) is 84.9 Å². The fourth-order valence-electron chi connectivity index (χ4n) is 4.93. The Hall–Kier alpha value is -4.88. The van der Waals surface area contributed by atoms with Crippen LogP contribution in [0.25, 0.3) is 45.1 Å². The number of anilines is 3. The molecule has 0 N–H and O–H groups in total. The van der Waals surface area contributed by atoms with Gasteiger partial charge < -0.3 is 18.5 Å². The Morgan fingerprint density at radius 3 is 1.59 bits per heavy atom. The summed E-state index contributed by atoms with van der Waals surface area (Å²) in [6.45, 7) is 0. The predicted octanol–water partition coefficient (Wildman–Crippen LogP) is 9.64. The van der Waals surface area contributed by atoms with Gasteiger partial charge in [0.2, 0.25) is 11.8 Å². The van der Waals surface area contributed by atoms with Crippen molar-refractivity contribution in [2.24, 2.45) is 0 Å². The van der Waals surface area contributed by atoms with Gasteiger partial charge in [0.05, 0.1) is 11.4 Å². The standard InChI is InChI=1S/C32H18BrN3O3/c33-21-11-13-22(14-12-21)36-25-17-19(31-34-23-5-1-3-7-27(23)38-31)9-15-29(25)37-30-16-10-20(18-26(30)36)32-35-24-6-2-4-8-28(24)39-32/h1-18H. The summed E-state index contributed by atoms with van der Waals surface area (Å²) >= 11 is 3.57. The van der Waals surface area contributed by atoms with Gasteiger partial charge in [0, 0.05) is 21.3 Å². The Balaban J connectivity index is 1.30. The zero-order valence-electron chi connectivity index (χ0n) is 20.3. The second kappa shape index (κ2) is 8.58. The van der Waals surface area contributed by atoms with Crippen molar-refractivity contribution in [1.82, 2.24) is 9.97 Å². The molecule has 7 aromatic rings. The van der Waals surface area contributed by atoms with Gasteiger partial charge in [-0.3, -0.25) is 0 Å². The Kier molecular flexibility index (Phi) is 4.87. The third kappa shape index (κ3) is 3.70. The first-order chi connectivity index (χ1) is 19.2.